The summed E-state index contributed by atoms with van der Waals surface area (Å²) < 4.78 is 37.7. The molecule has 3 fully saturated rings. The van der Waals surface area contributed by atoms with Gasteiger partial charge < -0.3 is 4.90 Å². The first-order valence-corrected chi connectivity index (χ1v) is 8.99. The molecule has 1 aromatic rings. The number of hydrogen-bond donors (Lipinski definition) is 0. The van der Waals surface area contributed by atoms with E-state index in [0.29, 0.717) is 12.5 Å². The Hall–Kier alpha value is -1.63. The average Bonchev–Trinajstić information content (AvgIpc) is 3.33. The van der Waals surface area contributed by atoms with Gasteiger partial charge in [0.1, 0.15) is 5.69 Å². The predicted molar refractivity (Wildman–Crippen MR) is 85.9 cm³/mol. The SMILES string of the molecule is O=C([C@H]1C[C@@H]1c1ccc(C(F)(F)F)nc1)N1CCN(C2CCC2)CC1. The zero-order valence-electron chi connectivity index (χ0n) is 14.0. The van der Waals surface area contributed by atoms with Crippen molar-refractivity contribution < 1.29 is 18.0 Å². The first-order chi connectivity index (χ1) is 11.9. The molecule has 2 aliphatic carbocycles. The van der Waals surface area contributed by atoms with E-state index in [1.165, 1.54) is 31.5 Å². The number of halogens is 3. The highest BCUT2D eigenvalue weighted by atomic mass is 19.4. The van der Waals surface area contributed by atoms with E-state index in [1.54, 1.807) is 0 Å². The number of carbonyl (C=O) groups excluding carboxylic acids is 1. The quantitative estimate of drug-likeness (QED) is 0.838. The number of nitrogens with zero attached hydrogens (tertiary/aromatic N) is 3. The third-order valence-electron chi connectivity index (χ3n) is 5.83. The summed E-state index contributed by atoms with van der Waals surface area (Å²) in [5, 5.41) is 0. The van der Waals surface area contributed by atoms with Gasteiger partial charge in [0.15, 0.2) is 0 Å². The number of pyridine rings is 1. The molecular formula is C18H22F3N3O. The molecule has 25 heavy (non-hydrogen) atoms. The van der Waals surface area contributed by atoms with Crippen LogP contribution in [0.5, 0.6) is 0 Å². The van der Waals surface area contributed by atoms with E-state index in [1.807, 2.05) is 4.90 Å². The van der Waals surface area contributed by atoms with E-state index < -0.39 is 11.9 Å². The van der Waals surface area contributed by atoms with Gasteiger partial charge in [-0.3, -0.25) is 14.7 Å². The number of hydrogen-bond acceptors (Lipinski definition) is 3. The minimum Gasteiger partial charge on any atom is -0.340 e. The molecule has 0 bridgehead atoms. The number of aromatic nitrogens is 1. The molecule has 0 N–H and O–H groups in total. The molecule has 1 amide bonds. The first kappa shape index (κ1) is 16.8. The molecule has 4 rings (SSSR count). The standard InChI is InChI=1S/C18H22F3N3O/c19-18(20,21)16-5-4-12(11-22-16)14-10-15(14)17(25)24-8-6-23(7-9-24)13-2-1-3-13/h4-5,11,13-15H,1-3,6-10H2/t14-,15+/m1/s1. The molecule has 4 nitrogen and oxygen atoms in total. The van der Waals surface area contributed by atoms with Crippen molar-refractivity contribution in [2.24, 2.45) is 5.92 Å². The lowest BCUT2D eigenvalue weighted by Gasteiger charge is -2.43. The smallest absolute Gasteiger partial charge is 0.340 e. The van der Waals surface area contributed by atoms with E-state index in [0.717, 1.165) is 37.8 Å². The fourth-order valence-corrected chi connectivity index (χ4v) is 3.92. The fraction of sp³-hybridized carbons (Fsp3) is 0.667. The van der Waals surface area contributed by atoms with Crippen molar-refractivity contribution in [1.82, 2.24) is 14.8 Å². The molecule has 0 aromatic carbocycles. The van der Waals surface area contributed by atoms with Gasteiger partial charge in [-0.25, -0.2) is 0 Å². The molecule has 7 heteroatoms. The van der Waals surface area contributed by atoms with E-state index in [-0.39, 0.29) is 17.7 Å². The second-order valence-corrected chi connectivity index (χ2v) is 7.37. The summed E-state index contributed by atoms with van der Waals surface area (Å²) in [5.74, 6) is 0.0823. The number of rotatable bonds is 3. The highest BCUT2D eigenvalue weighted by Gasteiger charge is 2.46. The maximum Gasteiger partial charge on any atom is 0.433 e. The summed E-state index contributed by atoms with van der Waals surface area (Å²) in [4.78, 5) is 20.6. The molecule has 1 aromatic heterocycles. The van der Waals surface area contributed by atoms with Crippen LogP contribution in [0.1, 0.15) is 42.9 Å². The monoisotopic (exact) mass is 353 g/mol. The van der Waals surface area contributed by atoms with Gasteiger partial charge in [0.2, 0.25) is 5.91 Å². The van der Waals surface area contributed by atoms with Gasteiger partial charge in [0, 0.05) is 44.3 Å². The van der Waals surface area contributed by atoms with Gasteiger partial charge in [-0.1, -0.05) is 12.5 Å². The molecule has 0 radical (unpaired) electrons. The van der Waals surface area contributed by atoms with Crippen LogP contribution >= 0.6 is 0 Å². The molecule has 2 saturated carbocycles. The second-order valence-electron chi connectivity index (χ2n) is 7.37. The van der Waals surface area contributed by atoms with Crippen LogP contribution in [0.3, 0.4) is 0 Å². The molecule has 0 unspecified atom stereocenters. The van der Waals surface area contributed by atoms with Gasteiger partial charge in [-0.05, 0) is 36.8 Å². The van der Waals surface area contributed by atoms with Gasteiger partial charge in [0.25, 0.3) is 0 Å². The summed E-state index contributed by atoms with van der Waals surface area (Å²) in [6.45, 7) is 3.42. The lowest BCUT2D eigenvalue weighted by Crippen LogP contribution is -2.53. The van der Waals surface area contributed by atoms with Crippen molar-refractivity contribution in [3.05, 3.63) is 29.6 Å². The molecule has 136 valence electrons. The van der Waals surface area contributed by atoms with Crippen LogP contribution < -0.4 is 0 Å². The highest BCUT2D eigenvalue weighted by molar-refractivity contribution is 5.83. The summed E-state index contributed by atoms with van der Waals surface area (Å²) in [6, 6.07) is 3.18. The van der Waals surface area contributed by atoms with Crippen molar-refractivity contribution in [1.29, 1.82) is 0 Å². The minimum atomic E-state index is -4.42. The van der Waals surface area contributed by atoms with Crippen molar-refractivity contribution >= 4 is 5.91 Å². The second kappa shape index (κ2) is 6.27. The van der Waals surface area contributed by atoms with Crippen LogP contribution in [-0.2, 0) is 11.0 Å². The van der Waals surface area contributed by atoms with Gasteiger partial charge in [-0.15, -0.1) is 0 Å². The maximum atomic E-state index is 12.6. The van der Waals surface area contributed by atoms with Crippen LogP contribution in [0.15, 0.2) is 18.3 Å². The summed E-state index contributed by atoms with van der Waals surface area (Å²) in [7, 11) is 0. The molecule has 1 aliphatic heterocycles. The predicted octanol–water partition coefficient (Wildman–Crippen LogP) is 2.90. The largest absolute Gasteiger partial charge is 0.433 e. The van der Waals surface area contributed by atoms with Gasteiger partial charge in [-0.2, -0.15) is 13.2 Å². The summed E-state index contributed by atoms with van der Waals surface area (Å²) >= 11 is 0. The lowest BCUT2D eigenvalue weighted by atomic mass is 9.91. The van der Waals surface area contributed by atoms with Gasteiger partial charge in [0.05, 0.1) is 0 Å². The number of alkyl halides is 3. The van der Waals surface area contributed by atoms with Crippen LogP contribution in [-0.4, -0.2) is 52.9 Å². The lowest BCUT2D eigenvalue weighted by molar-refractivity contribution is -0.141. The Morgan fingerprint density at radius 1 is 1.12 bits per heavy atom. The zero-order chi connectivity index (χ0) is 17.6. The Bertz CT molecular complexity index is 634. The summed E-state index contributed by atoms with van der Waals surface area (Å²) in [5.41, 5.74) is -0.147. The Balaban J connectivity index is 1.31. The van der Waals surface area contributed by atoms with Crippen molar-refractivity contribution in [3.63, 3.8) is 0 Å². The molecule has 2 atom stereocenters. The third-order valence-corrected chi connectivity index (χ3v) is 5.83. The zero-order valence-corrected chi connectivity index (χ0v) is 14.0. The summed E-state index contributed by atoms with van der Waals surface area (Å²) in [6.07, 6.45) is 1.44. The van der Waals surface area contributed by atoms with Gasteiger partial charge >= 0.3 is 6.18 Å². The normalized spacial score (nSPS) is 27.9. The van der Waals surface area contributed by atoms with Crippen LogP contribution in [0.4, 0.5) is 13.2 Å². The average molecular weight is 353 g/mol. The third kappa shape index (κ3) is 3.38. The number of piperazine rings is 1. The van der Waals surface area contributed by atoms with Crippen molar-refractivity contribution in [2.75, 3.05) is 26.2 Å². The molecule has 0 spiro atoms. The Labute approximate surface area is 145 Å². The van der Waals surface area contributed by atoms with E-state index >= 15 is 0 Å². The Morgan fingerprint density at radius 3 is 2.36 bits per heavy atom. The van der Waals surface area contributed by atoms with Crippen LogP contribution in [0.25, 0.3) is 0 Å². The number of amides is 1. The van der Waals surface area contributed by atoms with Crippen molar-refractivity contribution in [2.45, 2.75) is 43.8 Å². The number of carbonyl (C=O) groups is 1. The van der Waals surface area contributed by atoms with E-state index in [9.17, 15) is 18.0 Å². The van der Waals surface area contributed by atoms with Crippen LogP contribution in [0.2, 0.25) is 0 Å². The van der Waals surface area contributed by atoms with Crippen molar-refractivity contribution in [3.8, 4) is 0 Å². The minimum absolute atomic E-state index is 0.0203. The fourth-order valence-electron chi connectivity index (χ4n) is 3.92. The van der Waals surface area contributed by atoms with E-state index in [4.69, 9.17) is 0 Å². The highest BCUT2D eigenvalue weighted by Crippen LogP contribution is 2.48. The van der Waals surface area contributed by atoms with E-state index in [2.05, 4.69) is 9.88 Å². The molecule has 2 heterocycles. The molecule has 3 aliphatic rings. The first-order valence-electron chi connectivity index (χ1n) is 8.99. The topological polar surface area (TPSA) is 36.4 Å². The van der Waals surface area contributed by atoms with Crippen LogP contribution in [0, 0.1) is 5.92 Å². The molecular weight excluding hydrogens is 331 g/mol. The maximum absolute atomic E-state index is 12.6. The Morgan fingerprint density at radius 2 is 1.84 bits per heavy atom. The molecule has 1 saturated heterocycles. The Kier molecular flexibility index (Phi) is 4.22.